The number of hydrogen-bond acceptors (Lipinski definition) is 4. The van der Waals surface area contributed by atoms with Crippen molar-refractivity contribution in [1.82, 2.24) is 9.13 Å². The Bertz CT molecular complexity index is 1310. The number of alkyl halides is 3. The van der Waals surface area contributed by atoms with Crippen molar-refractivity contribution < 1.29 is 27.1 Å². The zero-order valence-corrected chi connectivity index (χ0v) is 16.7. The third-order valence-corrected chi connectivity index (χ3v) is 4.63. The van der Waals surface area contributed by atoms with E-state index in [-0.39, 0.29) is 37.1 Å². The highest BCUT2D eigenvalue weighted by Crippen LogP contribution is 2.37. The molecular weight excluding hydrogens is 444 g/mol. The van der Waals surface area contributed by atoms with Crippen LogP contribution in [0.1, 0.15) is 12.6 Å². The van der Waals surface area contributed by atoms with Crippen LogP contribution >= 0.6 is 11.6 Å². The first-order valence-electron chi connectivity index (χ1n) is 8.59. The second-order valence-electron chi connectivity index (χ2n) is 6.42. The van der Waals surface area contributed by atoms with Crippen LogP contribution in [0.15, 0.2) is 52.1 Å². The fourth-order valence-electron chi connectivity index (χ4n) is 2.97. The Labute approximate surface area is 176 Å². The van der Waals surface area contributed by atoms with Crippen LogP contribution in [0, 0.1) is 5.82 Å². The molecule has 0 aliphatic carbocycles. The lowest BCUT2D eigenvalue weighted by atomic mass is 10.0. The average molecular weight is 457 g/mol. The summed E-state index contributed by atoms with van der Waals surface area (Å²) in [4.78, 5) is 36.2. The van der Waals surface area contributed by atoms with E-state index in [1.807, 2.05) is 0 Å². The number of halogens is 5. The van der Waals surface area contributed by atoms with E-state index >= 15 is 0 Å². The lowest BCUT2D eigenvalue weighted by Gasteiger charge is -2.16. The second kappa shape index (κ2) is 8.03. The van der Waals surface area contributed by atoms with Crippen molar-refractivity contribution in [2.75, 3.05) is 0 Å². The molecular formula is C20H13ClF4N2O4. The Hall–Kier alpha value is -3.40. The summed E-state index contributed by atoms with van der Waals surface area (Å²) in [6.07, 6.45) is -4.96. The molecule has 31 heavy (non-hydrogen) atoms. The van der Waals surface area contributed by atoms with Crippen molar-refractivity contribution >= 4 is 17.6 Å². The standard InChI is InChI=1S/C20H13ClF4N2O4/c1-10(28)31-16-6-4-3-5-11(16)12-7-15(14(22)8-13(12)21)27-18(29)9-17(20(23,24)25)26(2)19(27)30/h3-9H,1-2H3. The monoisotopic (exact) mass is 456 g/mol. The Balaban J connectivity index is 2.31. The first kappa shape index (κ1) is 22.3. The van der Waals surface area contributed by atoms with E-state index in [1.54, 1.807) is 12.1 Å². The number of aromatic nitrogens is 2. The molecule has 0 aliphatic rings. The number of rotatable bonds is 3. The van der Waals surface area contributed by atoms with E-state index < -0.39 is 40.6 Å². The maximum Gasteiger partial charge on any atom is 0.431 e. The smallest absolute Gasteiger partial charge is 0.426 e. The number of hydrogen-bond donors (Lipinski definition) is 0. The molecule has 0 spiro atoms. The predicted molar refractivity (Wildman–Crippen MR) is 104 cm³/mol. The predicted octanol–water partition coefficient (Wildman–Crippen LogP) is 3.94. The zero-order valence-electron chi connectivity index (χ0n) is 16.0. The highest BCUT2D eigenvalue weighted by Gasteiger charge is 2.35. The van der Waals surface area contributed by atoms with Gasteiger partial charge >= 0.3 is 17.8 Å². The molecule has 0 bridgehead atoms. The molecule has 0 unspecified atom stereocenters. The van der Waals surface area contributed by atoms with Gasteiger partial charge in [-0.15, -0.1) is 0 Å². The first-order chi connectivity index (χ1) is 14.4. The summed E-state index contributed by atoms with van der Waals surface area (Å²) < 4.78 is 59.4. The number of nitrogens with zero attached hydrogens (tertiary/aromatic N) is 2. The van der Waals surface area contributed by atoms with Gasteiger partial charge in [-0.25, -0.2) is 13.8 Å². The maximum atomic E-state index is 14.7. The van der Waals surface area contributed by atoms with E-state index in [4.69, 9.17) is 16.3 Å². The van der Waals surface area contributed by atoms with Crippen LogP contribution in [0.5, 0.6) is 5.75 Å². The van der Waals surface area contributed by atoms with Crippen molar-refractivity contribution in [2.24, 2.45) is 7.05 Å². The lowest BCUT2D eigenvalue weighted by Crippen LogP contribution is -2.41. The van der Waals surface area contributed by atoms with E-state index in [0.717, 1.165) is 19.2 Å². The molecule has 0 fully saturated rings. The maximum absolute atomic E-state index is 14.7. The van der Waals surface area contributed by atoms with Crippen LogP contribution in [-0.4, -0.2) is 15.1 Å². The van der Waals surface area contributed by atoms with Crippen molar-refractivity contribution in [3.05, 3.63) is 79.8 Å². The van der Waals surface area contributed by atoms with E-state index in [1.165, 1.54) is 19.1 Å². The molecule has 0 saturated carbocycles. The number of ether oxygens (including phenoxy) is 1. The van der Waals surface area contributed by atoms with Gasteiger partial charge in [-0.3, -0.25) is 14.2 Å². The minimum absolute atomic E-state index is 0.0714. The van der Waals surface area contributed by atoms with Crippen molar-refractivity contribution in [3.63, 3.8) is 0 Å². The molecule has 1 aromatic heterocycles. The average Bonchev–Trinajstić information content (AvgIpc) is 2.65. The van der Waals surface area contributed by atoms with Crippen molar-refractivity contribution in [2.45, 2.75) is 13.1 Å². The highest BCUT2D eigenvalue weighted by molar-refractivity contribution is 6.33. The topological polar surface area (TPSA) is 70.3 Å². The largest absolute Gasteiger partial charge is 0.431 e. The molecule has 6 nitrogen and oxygen atoms in total. The van der Waals surface area contributed by atoms with Gasteiger partial charge in [0.05, 0.1) is 10.7 Å². The second-order valence-corrected chi connectivity index (χ2v) is 6.82. The van der Waals surface area contributed by atoms with Gasteiger partial charge in [0.25, 0.3) is 5.56 Å². The molecule has 0 amide bonds. The van der Waals surface area contributed by atoms with Gasteiger partial charge < -0.3 is 4.74 Å². The van der Waals surface area contributed by atoms with Crippen LogP contribution in [0.3, 0.4) is 0 Å². The van der Waals surface area contributed by atoms with Gasteiger partial charge in [-0.1, -0.05) is 29.8 Å². The van der Waals surface area contributed by atoms with Gasteiger partial charge in [-0.05, 0) is 18.2 Å². The SMILES string of the molecule is CC(=O)Oc1ccccc1-c1cc(-n2c(=O)cc(C(F)(F)F)n(C)c2=O)c(F)cc1Cl. The molecule has 0 saturated heterocycles. The molecule has 2 aromatic carbocycles. The Morgan fingerprint density at radius 3 is 2.32 bits per heavy atom. The Morgan fingerprint density at radius 1 is 1.06 bits per heavy atom. The summed E-state index contributed by atoms with van der Waals surface area (Å²) in [5.74, 6) is -1.68. The fraction of sp³-hybridized carbons (Fsp3) is 0.150. The van der Waals surface area contributed by atoms with Crippen LogP contribution in [0.25, 0.3) is 16.8 Å². The number of carbonyl (C=O) groups is 1. The number of benzene rings is 2. The van der Waals surface area contributed by atoms with Gasteiger partial charge in [0, 0.05) is 31.2 Å². The number of esters is 1. The van der Waals surface area contributed by atoms with Gasteiger partial charge in [0.15, 0.2) is 0 Å². The fourth-order valence-corrected chi connectivity index (χ4v) is 3.22. The van der Waals surface area contributed by atoms with Gasteiger partial charge in [0.2, 0.25) is 0 Å². The molecule has 3 aromatic rings. The Kier molecular flexibility index (Phi) is 5.77. The van der Waals surface area contributed by atoms with Crippen LogP contribution in [0.2, 0.25) is 5.02 Å². The summed E-state index contributed by atoms with van der Waals surface area (Å²) in [6, 6.07) is 8.10. The minimum atomic E-state index is -4.96. The van der Waals surface area contributed by atoms with Gasteiger partial charge in [0.1, 0.15) is 17.3 Å². The molecule has 0 radical (unpaired) electrons. The normalized spacial score (nSPS) is 11.5. The molecule has 0 atom stereocenters. The molecule has 11 heteroatoms. The van der Waals surface area contributed by atoms with Crippen molar-refractivity contribution in [1.29, 1.82) is 0 Å². The molecule has 0 N–H and O–H groups in total. The van der Waals surface area contributed by atoms with E-state index in [9.17, 15) is 31.9 Å². The summed E-state index contributed by atoms with van der Waals surface area (Å²) in [5, 5.41) is -0.141. The summed E-state index contributed by atoms with van der Waals surface area (Å²) in [7, 11) is 0.811. The first-order valence-corrected chi connectivity index (χ1v) is 8.97. The van der Waals surface area contributed by atoms with Crippen LogP contribution < -0.4 is 16.0 Å². The third-order valence-electron chi connectivity index (χ3n) is 4.32. The van der Waals surface area contributed by atoms with Crippen LogP contribution in [-0.2, 0) is 18.0 Å². The molecule has 1 heterocycles. The van der Waals surface area contributed by atoms with Gasteiger partial charge in [-0.2, -0.15) is 13.2 Å². The quantitative estimate of drug-likeness (QED) is 0.340. The molecule has 3 rings (SSSR count). The molecule has 162 valence electrons. The summed E-state index contributed by atoms with van der Waals surface area (Å²) in [5.41, 5.74) is -4.55. The number of para-hydroxylation sites is 1. The highest BCUT2D eigenvalue weighted by atomic mass is 35.5. The summed E-state index contributed by atoms with van der Waals surface area (Å²) >= 11 is 6.13. The molecule has 0 aliphatic heterocycles. The van der Waals surface area contributed by atoms with Crippen molar-refractivity contribution in [3.8, 4) is 22.6 Å². The van der Waals surface area contributed by atoms with E-state index in [0.29, 0.717) is 0 Å². The minimum Gasteiger partial charge on any atom is -0.426 e. The zero-order chi connectivity index (χ0) is 23.1. The number of carbonyl (C=O) groups excluding carboxylic acids is 1. The third kappa shape index (κ3) is 4.24. The Morgan fingerprint density at radius 2 is 1.71 bits per heavy atom. The lowest BCUT2D eigenvalue weighted by molar-refractivity contribution is -0.144. The van der Waals surface area contributed by atoms with Crippen LogP contribution in [0.4, 0.5) is 17.6 Å². The summed E-state index contributed by atoms with van der Waals surface area (Å²) in [6.45, 7) is 1.17. The van der Waals surface area contributed by atoms with E-state index in [2.05, 4.69) is 0 Å².